The number of halogens is 1. The van der Waals surface area contributed by atoms with Crippen LogP contribution in [0, 0.1) is 5.92 Å². The Kier molecular flexibility index (Phi) is 4.69. The summed E-state index contributed by atoms with van der Waals surface area (Å²) in [5, 5.41) is 13.9. The molecule has 120 valence electrons. The smallest absolute Gasteiger partial charge is 0.224 e. The minimum Gasteiger partial charge on any atom is -0.386 e. The van der Waals surface area contributed by atoms with Crippen LogP contribution in [0.2, 0.25) is 5.02 Å². The van der Waals surface area contributed by atoms with Crippen LogP contribution in [-0.2, 0) is 4.79 Å². The van der Waals surface area contributed by atoms with Gasteiger partial charge in [-0.2, -0.15) is 0 Å². The second-order valence-electron chi connectivity index (χ2n) is 6.15. The maximum absolute atomic E-state index is 12.3. The first-order chi connectivity index (χ1) is 11.1. The maximum atomic E-state index is 12.3. The van der Waals surface area contributed by atoms with Crippen molar-refractivity contribution in [3.8, 4) is 0 Å². The third-order valence-corrected chi connectivity index (χ3v) is 4.66. The van der Waals surface area contributed by atoms with Crippen molar-refractivity contribution in [2.75, 3.05) is 0 Å². The van der Waals surface area contributed by atoms with E-state index in [4.69, 9.17) is 11.6 Å². The normalized spacial score (nSPS) is 22.2. The topological polar surface area (TPSA) is 49.3 Å². The predicted molar refractivity (Wildman–Crippen MR) is 91.3 cm³/mol. The molecule has 2 aromatic rings. The summed E-state index contributed by atoms with van der Waals surface area (Å²) in [5.74, 6) is 0.327. The highest BCUT2D eigenvalue weighted by Gasteiger charge is 2.44. The highest BCUT2D eigenvalue weighted by molar-refractivity contribution is 6.30. The van der Waals surface area contributed by atoms with Gasteiger partial charge >= 0.3 is 0 Å². The number of carbonyl (C=O) groups excluding carboxylic acids is 1. The summed E-state index contributed by atoms with van der Waals surface area (Å²) >= 11 is 5.85. The molecule has 0 heterocycles. The van der Waals surface area contributed by atoms with Gasteiger partial charge in [0.25, 0.3) is 0 Å². The zero-order valence-electron chi connectivity index (χ0n) is 12.9. The fraction of sp³-hybridized carbons (Fsp3) is 0.316. The van der Waals surface area contributed by atoms with E-state index in [1.807, 2.05) is 25.1 Å². The molecule has 4 heteroatoms. The van der Waals surface area contributed by atoms with Crippen molar-refractivity contribution in [1.29, 1.82) is 0 Å². The number of nitrogens with one attached hydrogen (secondary N) is 1. The average molecular weight is 330 g/mol. The summed E-state index contributed by atoms with van der Waals surface area (Å²) < 4.78 is 0. The van der Waals surface area contributed by atoms with Gasteiger partial charge in [-0.1, -0.05) is 54.1 Å². The number of amides is 1. The average Bonchev–Trinajstić information content (AvgIpc) is 3.36. The van der Waals surface area contributed by atoms with Crippen LogP contribution in [0.25, 0.3) is 0 Å². The van der Waals surface area contributed by atoms with Crippen LogP contribution >= 0.6 is 11.6 Å². The van der Waals surface area contributed by atoms with Gasteiger partial charge in [0.2, 0.25) is 5.91 Å². The van der Waals surface area contributed by atoms with E-state index in [1.54, 1.807) is 24.3 Å². The van der Waals surface area contributed by atoms with E-state index in [9.17, 15) is 9.90 Å². The Balaban J connectivity index is 1.57. The standard InChI is InChI=1S/C19H20ClNO2/c1-12(18(22)14-7-9-15(20)10-8-14)21-19(23)17-11-16(17)13-5-3-2-4-6-13/h2-10,12,16-18,22H,11H2,1H3,(H,21,23). The fourth-order valence-corrected chi connectivity index (χ4v) is 3.04. The molecule has 3 nitrogen and oxygen atoms in total. The van der Waals surface area contributed by atoms with Gasteiger partial charge in [-0.15, -0.1) is 0 Å². The maximum Gasteiger partial charge on any atom is 0.224 e. The Morgan fingerprint density at radius 1 is 1.17 bits per heavy atom. The van der Waals surface area contributed by atoms with Gasteiger partial charge in [0.1, 0.15) is 0 Å². The van der Waals surface area contributed by atoms with Crippen LogP contribution < -0.4 is 5.32 Å². The molecule has 1 aliphatic carbocycles. The van der Waals surface area contributed by atoms with Gasteiger partial charge < -0.3 is 10.4 Å². The highest BCUT2D eigenvalue weighted by Crippen LogP contribution is 2.47. The molecule has 1 amide bonds. The molecule has 0 bridgehead atoms. The van der Waals surface area contributed by atoms with E-state index in [1.165, 1.54) is 5.56 Å². The molecule has 1 aliphatic rings. The monoisotopic (exact) mass is 329 g/mol. The first-order valence-corrected chi connectivity index (χ1v) is 8.23. The Morgan fingerprint density at radius 2 is 1.83 bits per heavy atom. The molecule has 23 heavy (non-hydrogen) atoms. The Labute approximate surface area is 141 Å². The van der Waals surface area contributed by atoms with Crippen molar-refractivity contribution in [1.82, 2.24) is 5.32 Å². The number of carbonyl (C=O) groups is 1. The van der Waals surface area contributed by atoms with Crippen molar-refractivity contribution in [2.45, 2.75) is 31.4 Å². The molecule has 2 N–H and O–H groups in total. The summed E-state index contributed by atoms with van der Waals surface area (Å²) in [7, 11) is 0. The lowest BCUT2D eigenvalue weighted by atomic mass is 10.0. The number of hydrogen-bond donors (Lipinski definition) is 2. The van der Waals surface area contributed by atoms with Gasteiger partial charge in [-0.05, 0) is 42.5 Å². The van der Waals surface area contributed by atoms with Gasteiger partial charge in [-0.25, -0.2) is 0 Å². The van der Waals surface area contributed by atoms with E-state index in [0.717, 1.165) is 12.0 Å². The van der Waals surface area contributed by atoms with Gasteiger partial charge in [0.15, 0.2) is 0 Å². The van der Waals surface area contributed by atoms with Crippen LogP contribution in [0.5, 0.6) is 0 Å². The largest absolute Gasteiger partial charge is 0.386 e. The van der Waals surface area contributed by atoms with Gasteiger partial charge in [-0.3, -0.25) is 4.79 Å². The molecule has 4 atom stereocenters. The Bertz CT molecular complexity index is 672. The molecule has 1 saturated carbocycles. The van der Waals surface area contributed by atoms with Crippen LogP contribution in [0.3, 0.4) is 0 Å². The summed E-state index contributed by atoms with van der Waals surface area (Å²) in [6, 6.07) is 16.8. The molecular formula is C19H20ClNO2. The second kappa shape index (κ2) is 6.73. The van der Waals surface area contributed by atoms with Crippen molar-refractivity contribution < 1.29 is 9.90 Å². The van der Waals surface area contributed by atoms with E-state index in [2.05, 4.69) is 17.4 Å². The molecule has 0 spiro atoms. The highest BCUT2D eigenvalue weighted by atomic mass is 35.5. The van der Waals surface area contributed by atoms with Crippen LogP contribution in [0.1, 0.15) is 36.5 Å². The molecule has 0 aromatic heterocycles. The second-order valence-corrected chi connectivity index (χ2v) is 6.59. The SMILES string of the molecule is CC(NC(=O)C1CC1c1ccccc1)C(O)c1ccc(Cl)cc1. The molecule has 0 radical (unpaired) electrons. The first-order valence-electron chi connectivity index (χ1n) is 7.85. The van der Waals surface area contributed by atoms with E-state index in [0.29, 0.717) is 10.9 Å². The summed E-state index contributed by atoms with van der Waals surface area (Å²) in [5.41, 5.74) is 1.95. The number of aliphatic hydroxyl groups is 1. The van der Waals surface area contributed by atoms with E-state index >= 15 is 0 Å². The van der Waals surface area contributed by atoms with Crippen molar-refractivity contribution in [2.24, 2.45) is 5.92 Å². The minimum atomic E-state index is -0.745. The number of rotatable bonds is 5. The first kappa shape index (κ1) is 16.0. The molecule has 0 saturated heterocycles. The lowest BCUT2D eigenvalue weighted by molar-refractivity contribution is -0.123. The van der Waals surface area contributed by atoms with Crippen LogP contribution in [-0.4, -0.2) is 17.1 Å². The number of aliphatic hydroxyl groups excluding tert-OH is 1. The predicted octanol–water partition coefficient (Wildman–Crippen LogP) is 3.68. The Hall–Kier alpha value is -1.84. The lowest BCUT2D eigenvalue weighted by Crippen LogP contribution is -2.38. The lowest BCUT2D eigenvalue weighted by Gasteiger charge is -2.21. The van der Waals surface area contributed by atoms with Crippen molar-refractivity contribution >= 4 is 17.5 Å². The summed E-state index contributed by atoms with van der Waals surface area (Å²) in [4.78, 5) is 12.3. The fourth-order valence-electron chi connectivity index (χ4n) is 2.91. The molecule has 1 fully saturated rings. The molecule has 2 aromatic carbocycles. The molecular weight excluding hydrogens is 310 g/mol. The number of hydrogen-bond acceptors (Lipinski definition) is 2. The quantitative estimate of drug-likeness (QED) is 0.879. The third kappa shape index (κ3) is 3.74. The van der Waals surface area contributed by atoms with E-state index < -0.39 is 6.10 Å². The molecule has 4 unspecified atom stereocenters. The zero-order valence-corrected chi connectivity index (χ0v) is 13.7. The third-order valence-electron chi connectivity index (χ3n) is 4.41. The van der Waals surface area contributed by atoms with E-state index in [-0.39, 0.29) is 17.9 Å². The van der Waals surface area contributed by atoms with Crippen LogP contribution in [0.4, 0.5) is 0 Å². The van der Waals surface area contributed by atoms with Crippen molar-refractivity contribution in [3.63, 3.8) is 0 Å². The molecule has 0 aliphatic heterocycles. The Morgan fingerprint density at radius 3 is 2.48 bits per heavy atom. The molecule has 3 rings (SSSR count). The zero-order chi connectivity index (χ0) is 16.4. The summed E-state index contributed by atoms with van der Waals surface area (Å²) in [6.45, 7) is 1.82. The van der Waals surface area contributed by atoms with Crippen molar-refractivity contribution in [3.05, 3.63) is 70.7 Å². The van der Waals surface area contributed by atoms with Crippen LogP contribution in [0.15, 0.2) is 54.6 Å². The summed E-state index contributed by atoms with van der Waals surface area (Å²) in [6.07, 6.45) is 0.129. The van der Waals surface area contributed by atoms with Gasteiger partial charge in [0, 0.05) is 10.9 Å². The minimum absolute atomic E-state index is 0.0114. The van der Waals surface area contributed by atoms with Gasteiger partial charge in [0.05, 0.1) is 12.1 Å². The number of benzene rings is 2.